The van der Waals surface area contributed by atoms with Crippen LogP contribution in [-0.4, -0.2) is 5.11 Å². The van der Waals surface area contributed by atoms with Gasteiger partial charge in [-0.1, -0.05) is 57.0 Å². The van der Waals surface area contributed by atoms with Crippen molar-refractivity contribution in [3.8, 4) is 23.8 Å². The third kappa shape index (κ3) is 3.09. The quantitative estimate of drug-likeness (QED) is 0.847. The first-order chi connectivity index (χ1) is 9.87. The van der Waals surface area contributed by atoms with Crippen molar-refractivity contribution in [2.45, 2.75) is 26.4 Å². The maximum atomic E-state index is 10.7. The van der Waals surface area contributed by atoms with Crippen molar-refractivity contribution in [1.29, 1.82) is 0 Å². The average molecular weight is 280 g/mol. The molecule has 108 valence electrons. The van der Waals surface area contributed by atoms with E-state index in [-0.39, 0.29) is 0 Å². The topological polar surface area (TPSA) is 29.5 Å². The first kappa shape index (κ1) is 15.2. The molecule has 0 heterocycles. The van der Waals surface area contributed by atoms with E-state index in [1.54, 1.807) is 0 Å². The fourth-order valence-electron chi connectivity index (χ4n) is 2.12. The fourth-order valence-corrected chi connectivity index (χ4v) is 2.12. The second kappa shape index (κ2) is 5.63. The summed E-state index contributed by atoms with van der Waals surface area (Å²) in [6.07, 6.45) is 5.56. The number of benzene rings is 2. The fraction of sp³-hybridized carbons (Fsp3) is 0.263. The summed E-state index contributed by atoms with van der Waals surface area (Å²) in [6, 6.07) is 16.8. The van der Waals surface area contributed by atoms with Crippen LogP contribution in [-0.2, 0) is 5.60 Å². The molecule has 0 aromatic heterocycles. The van der Waals surface area contributed by atoms with Crippen LogP contribution in [0.25, 0.3) is 0 Å². The molecular formula is C19H20O2. The van der Waals surface area contributed by atoms with Crippen molar-refractivity contribution >= 4 is 0 Å². The normalized spacial score (nSPS) is 14.0. The molecule has 21 heavy (non-hydrogen) atoms. The molecule has 1 atom stereocenters. The van der Waals surface area contributed by atoms with E-state index >= 15 is 0 Å². The Morgan fingerprint density at radius 2 is 1.43 bits per heavy atom. The van der Waals surface area contributed by atoms with E-state index in [0.29, 0.717) is 11.3 Å². The molecule has 2 aromatic rings. The number of hydrogen-bond acceptors (Lipinski definition) is 2. The summed E-state index contributed by atoms with van der Waals surface area (Å²) < 4.78 is 5.73. The van der Waals surface area contributed by atoms with Crippen molar-refractivity contribution in [2.75, 3.05) is 0 Å². The number of rotatable bonds is 3. The summed E-state index contributed by atoms with van der Waals surface area (Å²) in [5.74, 6) is 4.00. The van der Waals surface area contributed by atoms with Gasteiger partial charge in [-0.05, 0) is 29.8 Å². The summed E-state index contributed by atoms with van der Waals surface area (Å²) in [6.45, 7) is 5.75. The molecule has 0 aliphatic carbocycles. The summed E-state index contributed by atoms with van der Waals surface area (Å²) in [5.41, 5.74) is -1.07. The maximum Gasteiger partial charge on any atom is 0.155 e. The summed E-state index contributed by atoms with van der Waals surface area (Å²) >= 11 is 0. The van der Waals surface area contributed by atoms with Crippen LogP contribution in [0.1, 0.15) is 26.3 Å². The van der Waals surface area contributed by atoms with Gasteiger partial charge < -0.3 is 9.84 Å². The van der Waals surface area contributed by atoms with Gasteiger partial charge in [-0.25, -0.2) is 0 Å². The van der Waals surface area contributed by atoms with Crippen LogP contribution in [0.4, 0.5) is 0 Å². The zero-order valence-corrected chi connectivity index (χ0v) is 12.6. The lowest BCUT2D eigenvalue weighted by molar-refractivity contribution is -0.00888. The first-order valence-corrected chi connectivity index (χ1v) is 6.90. The molecule has 0 amide bonds. The second-order valence-corrected chi connectivity index (χ2v) is 6.04. The molecule has 2 rings (SSSR count). The molecule has 0 saturated heterocycles. The van der Waals surface area contributed by atoms with Crippen LogP contribution in [0.5, 0.6) is 11.5 Å². The largest absolute Gasteiger partial charge is 0.457 e. The van der Waals surface area contributed by atoms with Crippen molar-refractivity contribution in [1.82, 2.24) is 0 Å². The number of aliphatic hydroxyl groups is 1. The zero-order valence-electron chi connectivity index (χ0n) is 12.6. The van der Waals surface area contributed by atoms with Crippen LogP contribution >= 0.6 is 0 Å². The third-order valence-corrected chi connectivity index (χ3v) is 3.55. The molecule has 0 saturated carbocycles. The molecule has 0 spiro atoms. The summed E-state index contributed by atoms with van der Waals surface area (Å²) in [7, 11) is 0. The van der Waals surface area contributed by atoms with Gasteiger partial charge >= 0.3 is 0 Å². The molecule has 2 heteroatoms. The van der Waals surface area contributed by atoms with Crippen LogP contribution in [0.15, 0.2) is 54.6 Å². The highest BCUT2D eigenvalue weighted by molar-refractivity contribution is 5.39. The number of terminal acetylenes is 1. The zero-order chi connectivity index (χ0) is 15.5. The smallest absolute Gasteiger partial charge is 0.155 e. The van der Waals surface area contributed by atoms with Crippen molar-refractivity contribution < 1.29 is 9.84 Å². The van der Waals surface area contributed by atoms with Crippen molar-refractivity contribution in [3.05, 3.63) is 60.2 Å². The van der Waals surface area contributed by atoms with E-state index in [0.717, 1.165) is 5.75 Å². The SMILES string of the molecule is C#C[C@@](O)(c1ccc(Oc2ccccc2)cc1)C(C)(C)C. The average Bonchev–Trinajstić information content (AvgIpc) is 2.47. The standard InChI is InChI=1S/C19H20O2/c1-5-19(20,18(2,3)4)15-11-13-17(14-12-15)21-16-9-7-6-8-10-16/h1,6-14,20H,2-4H3/t19-/m1/s1. The Morgan fingerprint density at radius 1 is 0.905 bits per heavy atom. The Kier molecular flexibility index (Phi) is 4.06. The third-order valence-electron chi connectivity index (χ3n) is 3.55. The molecule has 0 fully saturated rings. The lowest BCUT2D eigenvalue weighted by atomic mass is 9.73. The van der Waals surface area contributed by atoms with E-state index in [1.807, 2.05) is 75.4 Å². The van der Waals surface area contributed by atoms with E-state index in [1.165, 1.54) is 0 Å². The Balaban J connectivity index is 2.25. The molecule has 0 radical (unpaired) electrons. The van der Waals surface area contributed by atoms with Gasteiger partial charge in [0.1, 0.15) is 11.5 Å². The lowest BCUT2D eigenvalue weighted by Gasteiger charge is -2.36. The van der Waals surface area contributed by atoms with E-state index < -0.39 is 11.0 Å². The predicted molar refractivity (Wildman–Crippen MR) is 85.1 cm³/mol. The van der Waals surface area contributed by atoms with Gasteiger partial charge in [-0.2, -0.15) is 0 Å². The van der Waals surface area contributed by atoms with Gasteiger partial charge in [0.05, 0.1) is 0 Å². The number of para-hydroxylation sites is 1. The van der Waals surface area contributed by atoms with Gasteiger partial charge in [-0.15, -0.1) is 6.42 Å². The van der Waals surface area contributed by atoms with E-state index in [4.69, 9.17) is 11.2 Å². The van der Waals surface area contributed by atoms with Gasteiger partial charge in [0, 0.05) is 5.41 Å². The molecule has 0 aliphatic rings. The highest BCUT2D eigenvalue weighted by atomic mass is 16.5. The summed E-state index contributed by atoms with van der Waals surface area (Å²) in [5, 5.41) is 10.7. The monoisotopic (exact) mass is 280 g/mol. The molecular weight excluding hydrogens is 260 g/mol. The maximum absolute atomic E-state index is 10.7. The van der Waals surface area contributed by atoms with Crippen LogP contribution < -0.4 is 4.74 Å². The number of ether oxygens (including phenoxy) is 1. The molecule has 0 unspecified atom stereocenters. The van der Waals surface area contributed by atoms with E-state index in [9.17, 15) is 5.11 Å². The molecule has 0 bridgehead atoms. The van der Waals surface area contributed by atoms with Crippen LogP contribution in [0.2, 0.25) is 0 Å². The minimum atomic E-state index is -1.31. The minimum absolute atomic E-state index is 0.455. The Labute approximate surface area is 126 Å². The number of hydrogen-bond donors (Lipinski definition) is 1. The van der Waals surface area contributed by atoms with Gasteiger partial charge in [0.25, 0.3) is 0 Å². The highest BCUT2D eigenvalue weighted by Crippen LogP contribution is 2.39. The predicted octanol–water partition coefficient (Wildman–Crippen LogP) is 4.35. The van der Waals surface area contributed by atoms with Gasteiger partial charge in [-0.3, -0.25) is 0 Å². The van der Waals surface area contributed by atoms with Crippen molar-refractivity contribution in [2.24, 2.45) is 5.41 Å². The lowest BCUT2D eigenvalue weighted by Crippen LogP contribution is -2.38. The summed E-state index contributed by atoms with van der Waals surface area (Å²) in [4.78, 5) is 0. The molecule has 0 aliphatic heterocycles. The van der Waals surface area contributed by atoms with Crippen LogP contribution in [0.3, 0.4) is 0 Å². The van der Waals surface area contributed by atoms with E-state index in [2.05, 4.69) is 5.92 Å². The molecule has 1 N–H and O–H groups in total. The minimum Gasteiger partial charge on any atom is -0.457 e. The Morgan fingerprint density at radius 3 is 1.90 bits per heavy atom. The van der Waals surface area contributed by atoms with Gasteiger partial charge in [0.2, 0.25) is 0 Å². The highest BCUT2D eigenvalue weighted by Gasteiger charge is 2.39. The van der Waals surface area contributed by atoms with Gasteiger partial charge in [0.15, 0.2) is 5.60 Å². The van der Waals surface area contributed by atoms with Crippen LogP contribution in [0, 0.1) is 17.8 Å². The Bertz CT molecular complexity index is 630. The molecule has 2 aromatic carbocycles. The molecule has 2 nitrogen and oxygen atoms in total. The second-order valence-electron chi connectivity index (χ2n) is 6.04. The Hall–Kier alpha value is -2.24. The van der Waals surface area contributed by atoms with Crippen molar-refractivity contribution in [3.63, 3.8) is 0 Å². The first-order valence-electron chi connectivity index (χ1n) is 6.90.